The number of hydrogen-bond acceptors (Lipinski definition) is 3. The number of rotatable bonds is 9. The number of amides is 2. The van der Waals surface area contributed by atoms with Gasteiger partial charge in [0.15, 0.2) is 0 Å². The Hall–Kier alpha value is -1.88. The first kappa shape index (κ1) is 24.4. The number of carbonyl (C=O) groups excluding carboxylic acids is 2. The van der Waals surface area contributed by atoms with Crippen molar-refractivity contribution in [1.82, 2.24) is 15.1 Å². The van der Waals surface area contributed by atoms with Gasteiger partial charge in [-0.2, -0.15) is 0 Å². The Morgan fingerprint density at radius 3 is 2.60 bits per heavy atom. The van der Waals surface area contributed by atoms with Crippen molar-refractivity contribution in [1.29, 1.82) is 0 Å². The van der Waals surface area contributed by atoms with Gasteiger partial charge < -0.3 is 10.2 Å². The van der Waals surface area contributed by atoms with E-state index in [9.17, 15) is 9.59 Å². The topological polar surface area (TPSA) is 52.7 Å². The third-order valence-corrected chi connectivity index (χ3v) is 5.86. The highest BCUT2D eigenvalue weighted by atomic mass is 16.2. The lowest BCUT2D eigenvalue weighted by molar-refractivity contribution is -0.142. The largest absolute Gasteiger partial charge is 0.352 e. The normalized spacial score (nSPS) is 17.3. The van der Waals surface area contributed by atoms with Crippen LogP contribution in [0, 0.1) is 11.3 Å². The van der Waals surface area contributed by atoms with E-state index in [2.05, 4.69) is 48.3 Å². The lowest BCUT2D eigenvalue weighted by atomic mass is 9.91. The number of benzene rings is 1. The summed E-state index contributed by atoms with van der Waals surface area (Å²) in [4.78, 5) is 29.7. The highest BCUT2D eigenvalue weighted by Crippen LogP contribution is 2.23. The molecule has 30 heavy (non-hydrogen) atoms. The third kappa shape index (κ3) is 7.42. The molecule has 0 aliphatic carbocycles. The second-order valence-corrected chi connectivity index (χ2v) is 9.60. The lowest BCUT2D eigenvalue weighted by Gasteiger charge is -2.35. The van der Waals surface area contributed by atoms with Crippen molar-refractivity contribution in [2.45, 2.75) is 73.4 Å². The maximum absolute atomic E-state index is 12.8. The molecule has 2 amide bonds. The van der Waals surface area contributed by atoms with E-state index in [0.29, 0.717) is 13.1 Å². The summed E-state index contributed by atoms with van der Waals surface area (Å²) >= 11 is 0. The highest BCUT2D eigenvalue weighted by Gasteiger charge is 2.33. The average molecular weight is 416 g/mol. The first-order valence-electron chi connectivity index (χ1n) is 11.6. The van der Waals surface area contributed by atoms with E-state index >= 15 is 0 Å². The number of nitrogens with one attached hydrogen (secondary N) is 1. The maximum Gasteiger partial charge on any atom is 0.227 e. The van der Waals surface area contributed by atoms with Crippen molar-refractivity contribution in [2.24, 2.45) is 11.3 Å². The van der Waals surface area contributed by atoms with Crippen LogP contribution in [0.2, 0.25) is 0 Å². The minimum absolute atomic E-state index is 0.0601. The van der Waals surface area contributed by atoms with Gasteiger partial charge in [-0.15, -0.1) is 0 Å². The van der Waals surface area contributed by atoms with Gasteiger partial charge in [0.05, 0.1) is 5.92 Å². The number of hydrogen-bond donors (Lipinski definition) is 1. The second kappa shape index (κ2) is 11.5. The van der Waals surface area contributed by atoms with Crippen molar-refractivity contribution in [3.05, 3.63) is 35.4 Å². The van der Waals surface area contributed by atoms with E-state index in [4.69, 9.17) is 0 Å². The first-order valence-corrected chi connectivity index (χ1v) is 11.6. The Morgan fingerprint density at radius 1 is 1.20 bits per heavy atom. The molecule has 1 heterocycles. The number of piperidine rings is 1. The summed E-state index contributed by atoms with van der Waals surface area (Å²) in [7, 11) is 0. The fourth-order valence-electron chi connectivity index (χ4n) is 4.01. The molecule has 1 aromatic rings. The van der Waals surface area contributed by atoms with Gasteiger partial charge in [0.1, 0.15) is 0 Å². The van der Waals surface area contributed by atoms with Gasteiger partial charge >= 0.3 is 0 Å². The summed E-state index contributed by atoms with van der Waals surface area (Å²) in [6.45, 7) is 15.2. The van der Waals surface area contributed by atoms with Gasteiger partial charge in [-0.05, 0) is 43.5 Å². The minimum atomic E-state index is -0.400. The molecule has 1 aliphatic heterocycles. The summed E-state index contributed by atoms with van der Waals surface area (Å²) < 4.78 is 0. The van der Waals surface area contributed by atoms with Gasteiger partial charge in [-0.1, -0.05) is 65.3 Å². The monoisotopic (exact) mass is 415 g/mol. The Kier molecular flexibility index (Phi) is 9.35. The summed E-state index contributed by atoms with van der Waals surface area (Å²) in [5, 5.41) is 3.11. The number of nitrogens with zero attached hydrogens (tertiary/aromatic N) is 2. The standard InChI is InChI=1S/C25H41N3O2/c1-6-8-14-27(7-2)18-21-12-9-11-20(16-21)17-26-23(29)22-13-10-15-28(19-22)24(30)25(3,4)5/h9,11-12,16,22H,6-8,10,13-15,17-19H2,1-5H3,(H,26,29). The van der Waals surface area contributed by atoms with Crippen molar-refractivity contribution in [3.8, 4) is 0 Å². The molecule has 0 radical (unpaired) electrons. The van der Waals surface area contributed by atoms with E-state index in [1.807, 2.05) is 25.7 Å². The summed E-state index contributed by atoms with van der Waals surface area (Å²) in [5.41, 5.74) is 2.02. The SMILES string of the molecule is CCCCN(CC)Cc1cccc(CNC(=O)C2CCCN(C(=O)C(C)(C)C)C2)c1. The molecule has 1 aliphatic rings. The van der Waals surface area contributed by atoms with Crippen LogP contribution in [0.1, 0.15) is 71.4 Å². The zero-order chi connectivity index (χ0) is 22.1. The van der Waals surface area contributed by atoms with Crippen molar-refractivity contribution in [2.75, 3.05) is 26.2 Å². The Balaban J connectivity index is 1.89. The molecule has 0 saturated carbocycles. The molecule has 1 fully saturated rings. The number of carbonyl (C=O) groups is 2. The van der Waals surface area contributed by atoms with E-state index < -0.39 is 5.41 Å². The lowest BCUT2D eigenvalue weighted by Crippen LogP contribution is -2.48. The zero-order valence-corrected chi connectivity index (χ0v) is 19.7. The Labute approximate surface area is 183 Å². The van der Waals surface area contributed by atoms with Gasteiger partial charge in [-0.3, -0.25) is 14.5 Å². The van der Waals surface area contributed by atoms with Crippen LogP contribution in [-0.4, -0.2) is 47.8 Å². The molecule has 1 N–H and O–H groups in total. The molecular formula is C25H41N3O2. The van der Waals surface area contributed by atoms with Crippen molar-refractivity contribution < 1.29 is 9.59 Å². The van der Waals surface area contributed by atoms with Gasteiger partial charge in [0.2, 0.25) is 11.8 Å². The summed E-state index contributed by atoms with van der Waals surface area (Å²) in [6.07, 6.45) is 4.17. The Bertz CT molecular complexity index is 696. The van der Waals surface area contributed by atoms with E-state index in [-0.39, 0.29) is 17.7 Å². The second-order valence-electron chi connectivity index (χ2n) is 9.60. The van der Waals surface area contributed by atoms with Gasteiger partial charge in [-0.25, -0.2) is 0 Å². The molecule has 5 heteroatoms. The van der Waals surface area contributed by atoms with Crippen LogP contribution in [0.3, 0.4) is 0 Å². The summed E-state index contributed by atoms with van der Waals surface area (Å²) in [6, 6.07) is 8.51. The molecule has 1 atom stereocenters. The van der Waals surface area contributed by atoms with Crippen LogP contribution in [0.15, 0.2) is 24.3 Å². The van der Waals surface area contributed by atoms with Gasteiger partial charge in [0, 0.05) is 31.6 Å². The fourth-order valence-corrected chi connectivity index (χ4v) is 4.01. The van der Waals surface area contributed by atoms with Gasteiger partial charge in [0.25, 0.3) is 0 Å². The molecule has 0 bridgehead atoms. The molecule has 1 saturated heterocycles. The number of unbranched alkanes of at least 4 members (excludes halogenated alkanes) is 1. The van der Waals surface area contributed by atoms with E-state index in [1.54, 1.807) is 0 Å². The minimum Gasteiger partial charge on any atom is -0.352 e. The molecule has 2 rings (SSSR count). The van der Waals surface area contributed by atoms with Crippen LogP contribution in [0.25, 0.3) is 0 Å². The molecule has 1 unspecified atom stereocenters. The third-order valence-electron chi connectivity index (χ3n) is 5.86. The molecule has 0 aromatic heterocycles. The Morgan fingerprint density at radius 2 is 1.93 bits per heavy atom. The summed E-state index contributed by atoms with van der Waals surface area (Å²) in [5.74, 6) is 0.0825. The van der Waals surface area contributed by atoms with Crippen LogP contribution in [-0.2, 0) is 22.7 Å². The van der Waals surface area contributed by atoms with Crippen molar-refractivity contribution in [3.63, 3.8) is 0 Å². The van der Waals surface area contributed by atoms with Crippen LogP contribution in [0.5, 0.6) is 0 Å². The molecule has 0 spiro atoms. The highest BCUT2D eigenvalue weighted by molar-refractivity contribution is 5.83. The molecule has 5 nitrogen and oxygen atoms in total. The average Bonchev–Trinajstić information content (AvgIpc) is 2.74. The quantitative estimate of drug-likeness (QED) is 0.657. The number of likely N-dealkylation sites (tertiary alicyclic amines) is 1. The molecule has 1 aromatic carbocycles. The van der Waals surface area contributed by atoms with Crippen LogP contribution >= 0.6 is 0 Å². The van der Waals surface area contributed by atoms with Crippen molar-refractivity contribution >= 4 is 11.8 Å². The predicted octanol–water partition coefficient (Wildman–Crippen LogP) is 4.21. The van der Waals surface area contributed by atoms with Crippen LogP contribution < -0.4 is 5.32 Å². The maximum atomic E-state index is 12.8. The zero-order valence-electron chi connectivity index (χ0n) is 19.7. The first-order chi connectivity index (χ1) is 14.2. The molecular weight excluding hydrogens is 374 g/mol. The predicted molar refractivity (Wildman–Crippen MR) is 123 cm³/mol. The van der Waals surface area contributed by atoms with Crippen LogP contribution in [0.4, 0.5) is 0 Å². The van der Waals surface area contributed by atoms with E-state index in [0.717, 1.165) is 44.6 Å². The van der Waals surface area contributed by atoms with E-state index in [1.165, 1.54) is 18.4 Å². The molecule has 168 valence electrons. The fraction of sp³-hybridized carbons (Fsp3) is 0.680. The smallest absolute Gasteiger partial charge is 0.227 e.